The molecule has 0 saturated carbocycles. The van der Waals surface area contributed by atoms with Gasteiger partial charge in [-0.1, -0.05) is 23.5 Å². The highest BCUT2D eigenvalue weighted by atomic mass is 32.1. The number of thiazole rings is 1. The van der Waals surface area contributed by atoms with Crippen molar-refractivity contribution >= 4 is 23.4 Å². The van der Waals surface area contributed by atoms with Gasteiger partial charge in [-0.3, -0.25) is 14.0 Å². The third-order valence-electron chi connectivity index (χ3n) is 5.50. The number of benzene rings is 1. The van der Waals surface area contributed by atoms with E-state index in [-0.39, 0.29) is 23.5 Å². The molecule has 0 radical (unpaired) electrons. The summed E-state index contributed by atoms with van der Waals surface area (Å²) in [6, 6.07) is 4.99. The number of fused-ring (bicyclic) bond motifs is 1. The molecule has 0 aliphatic carbocycles. The lowest BCUT2D eigenvalue weighted by molar-refractivity contribution is -0.139. The van der Waals surface area contributed by atoms with E-state index in [0.29, 0.717) is 20.6 Å². The molecule has 0 N–H and O–H groups in total. The third kappa shape index (κ3) is 4.30. The molecule has 1 aromatic carbocycles. The summed E-state index contributed by atoms with van der Waals surface area (Å²) < 4.78 is 38.4. The van der Waals surface area contributed by atoms with Crippen LogP contribution in [0.4, 0.5) is 8.78 Å². The van der Waals surface area contributed by atoms with Gasteiger partial charge in [0, 0.05) is 18.3 Å². The maximum Gasteiger partial charge on any atom is 0.387 e. The third-order valence-corrected chi connectivity index (χ3v) is 6.48. The number of alkyl halides is 2. The van der Waals surface area contributed by atoms with E-state index in [2.05, 4.69) is 14.8 Å². The molecule has 1 atom stereocenters. The van der Waals surface area contributed by atoms with E-state index in [1.807, 2.05) is 14.0 Å². The van der Waals surface area contributed by atoms with Crippen LogP contribution in [-0.2, 0) is 16.6 Å². The van der Waals surface area contributed by atoms with Gasteiger partial charge in [0.05, 0.1) is 34.6 Å². The van der Waals surface area contributed by atoms with Gasteiger partial charge >= 0.3 is 12.6 Å². The van der Waals surface area contributed by atoms with E-state index in [0.717, 1.165) is 11.3 Å². The highest BCUT2D eigenvalue weighted by molar-refractivity contribution is 7.07. The van der Waals surface area contributed by atoms with Crippen molar-refractivity contribution in [3.63, 3.8) is 0 Å². The number of halogens is 2. The standard InChI is InChI=1S/C23H22F2N4O4S/c1-5-32-21(31)18-12(2)27-23-29(19(18)14-6-8-16(9-7-14)33-22(24)25)20(30)17(34-23)10-15-11-26-28(4)13(15)3/h6-11,19,22H,5H2,1-4H3/b17-10+/t19-/m0/s1. The van der Waals surface area contributed by atoms with Gasteiger partial charge in [-0.25, -0.2) is 9.79 Å². The highest BCUT2D eigenvalue weighted by Gasteiger charge is 2.33. The quantitative estimate of drug-likeness (QED) is 0.498. The zero-order valence-corrected chi connectivity index (χ0v) is 19.7. The molecule has 178 valence electrons. The molecule has 0 saturated heterocycles. The minimum Gasteiger partial charge on any atom is -0.463 e. The van der Waals surface area contributed by atoms with E-state index < -0.39 is 18.6 Å². The van der Waals surface area contributed by atoms with E-state index >= 15 is 0 Å². The van der Waals surface area contributed by atoms with Crippen molar-refractivity contribution in [1.29, 1.82) is 0 Å². The Labute approximate surface area is 197 Å². The Kier molecular flexibility index (Phi) is 6.47. The number of hydrogen-bond acceptors (Lipinski definition) is 7. The lowest BCUT2D eigenvalue weighted by Gasteiger charge is -2.24. The van der Waals surface area contributed by atoms with Gasteiger partial charge in [0.25, 0.3) is 5.56 Å². The average molecular weight is 489 g/mol. The number of ether oxygens (including phenoxy) is 2. The molecule has 4 rings (SSSR count). The number of aromatic nitrogens is 3. The van der Waals surface area contributed by atoms with Crippen LogP contribution >= 0.6 is 11.3 Å². The summed E-state index contributed by atoms with van der Waals surface area (Å²) >= 11 is 1.20. The number of nitrogens with zero attached hydrogens (tertiary/aromatic N) is 4. The van der Waals surface area contributed by atoms with Gasteiger partial charge in [0.15, 0.2) is 4.80 Å². The normalized spacial score (nSPS) is 16.0. The first kappa shape index (κ1) is 23.6. The van der Waals surface area contributed by atoms with Gasteiger partial charge < -0.3 is 9.47 Å². The molecule has 34 heavy (non-hydrogen) atoms. The van der Waals surface area contributed by atoms with E-state index in [1.165, 1.54) is 28.0 Å². The van der Waals surface area contributed by atoms with Crippen molar-refractivity contribution in [3.05, 3.63) is 78.2 Å². The van der Waals surface area contributed by atoms with Gasteiger partial charge in [0.1, 0.15) is 5.75 Å². The number of aryl methyl sites for hydroxylation is 1. The van der Waals surface area contributed by atoms with Gasteiger partial charge in [-0.15, -0.1) is 0 Å². The Balaban J connectivity index is 1.91. The zero-order valence-electron chi connectivity index (χ0n) is 18.9. The maximum absolute atomic E-state index is 13.5. The van der Waals surface area contributed by atoms with Gasteiger partial charge in [-0.05, 0) is 44.5 Å². The Hall–Kier alpha value is -3.60. The Morgan fingerprint density at radius 3 is 2.56 bits per heavy atom. The Morgan fingerprint density at radius 2 is 1.97 bits per heavy atom. The Bertz CT molecular complexity index is 1450. The van der Waals surface area contributed by atoms with E-state index in [4.69, 9.17) is 4.74 Å². The molecule has 0 unspecified atom stereocenters. The Morgan fingerprint density at radius 1 is 1.26 bits per heavy atom. The second-order valence-electron chi connectivity index (χ2n) is 7.56. The number of rotatable bonds is 6. The lowest BCUT2D eigenvalue weighted by atomic mass is 9.96. The molecule has 0 spiro atoms. The van der Waals surface area contributed by atoms with Crippen LogP contribution < -0.4 is 19.6 Å². The first-order valence-electron chi connectivity index (χ1n) is 10.4. The minimum absolute atomic E-state index is 0.0309. The SMILES string of the molecule is CCOC(=O)C1=C(C)N=c2s/c(=C/c3cnn(C)c3C)c(=O)n2[C@H]1c1ccc(OC(F)F)cc1. The summed E-state index contributed by atoms with van der Waals surface area (Å²) in [5, 5.41) is 4.21. The number of esters is 1. The largest absolute Gasteiger partial charge is 0.463 e. The summed E-state index contributed by atoms with van der Waals surface area (Å²) in [6.45, 7) is 2.44. The number of hydrogen-bond donors (Lipinski definition) is 0. The fourth-order valence-electron chi connectivity index (χ4n) is 3.74. The van der Waals surface area contributed by atoms with Crippen molar-refractivity contribution in [2.75, 3.05) is 6.61 Å². The topological polar surface area (TPSA) is 87.7 Å². The summed E-state index contributed by atoms with van der Waals surface area (Å²) in [6.07, 6.45) is 3.41. The highest BCUT2D eigenvalue weighted by Crippen LogP contribution is 2.31. The summed E-state index contributed by atoms with van der Waals surface area (Å²) in [5.41, 5.74) is 2.51. The van der Waals surface area contributed by atoms with Crippen LogP contribution in [-0.4, -0.2) is 33.5 Å². The van der Waals surface area contributed by atoms with Crippen LogP contribution in [0.3, 0.4) is 0 Å². The van der Waals surface area contributed by atoms with Crippen molar-refractivity contribution in [2.24, 2.45) is 12.0 Å². The minimum atomic E-state index is -2.96. The van der Waals surface area contributed by atoms with Gasteiger partial charge in [0.2, 0.25) is 0 Å². The van der Waals surface area contributed by atoms with Crippen LogP contribution in [0.25, 0.3) is 6.08 Å². The number of carbonyl (C=O) groups is 1. The summed E-state index contributed by atoms with van der Waals surface area (Å²) in [4.78, 5) is 31.3. The molecule has 2 aromatic heterocycles. The molecule has 1 aliphatic rings. The average Bonchev–Trinajstić information content (AvgIpc) is 3.26. The molecule has 3 heterocycles. The fourth-order valence-corrected chi connectivity index (χ4v) is 4.77. The second-order valence-corrected chi connectivity index (χ2v) is 8.57. The van der Waals surface area contributed by atoms with Crippen molar-refractivity contribution < 1.29 is 23.0 Å². The second kappa shape index (κ2) is 9.34. The van der Waals surface area contributed by atoms with Crippen LogP contribution in [0.5, 0.6) is 5.75 Å². The maximum atomic E-state index is 13.5. The monoisotopic (exact) mass is 488 g/mol. The molecular formula is C23H22F2N4O4S. The van der Waals surface area contributed by atoms with Crippen molar-refractivity contribution in [2.45, 2.75) is 33.4 Å². The predicted octanol–water partition coefficient (Wildman–Crippen LogP) is 2.44. The number of allylic oxidation sites excluding steroid dienone is 1. The number of carbonyl (C=O) groups excluding carboxylic acids is 1. The van der Waals surface area contributed by atoms with Crippen LogP contribution in [0.2, 0.25) is 0 Å². The molecule has 0 fully saturated rings. The lowest BCUT2D eigenvalue weighted by Crippen LogP contribution is -2.39. The predicted molar refractivity (Wildman–Crippen MR) is 121 cm³/mol. The zero-order chi connectivity index (χ0) is 24.6. The first-order chi connectivity index (χ1) is 16.2. The van der Waals surface area contributed by atoms with Crippen LogP contribution in [0.15, 0.2) is 51.5 Å². The molecule has 1 aliphatic heterocycles. The molecule has 0 bridgehead atoms. The summed E-state index contributed by atoms with van der Waals surface area (Å²) in [5.74, 6) is -0.629. The molecule has 0 amide bonds. The smallest absolute Gasteiger partial charge is 0.387 e. The molecule has 3 aromatic rings. The van der Waals surface area contributed by atoms with E-state index in [1.54, 1.807) is 42.9 Å². The van der Waals surface area contributed by atoms with Crippen molar-refractivity contribution in [1.82, 2.24) is 14.3 Å². The van der Waals surface area contributed by atoms with Crippen molar-refractivity contribution in [3.8, 4) is 5.75 Å². The molecular weight excluding hydrogens is 466 g/mol. The van der Waals surface area contributed by atoms with Gasteiger partial charge in [-0.2, -0.15) is 13.9 Å². The van der Waals surface area contributed by atoms with E-state index in [9.17, 15) is 18.4 Å². The summed E-state index contributed by atoms with van der Waals surface area (Å²) in [7, 11) is 1.81. The first-order valence-corrected chi connectivity index (χ1v) is 11.3. The molecule has 8 nitrogen and oxygen atoms in total. The fraction of sp³-hybridized carbons (Fsp3) is 0.304. The van der Waals surface area contributed by atoms with Crippen LogP contribution in [0, 0.1) is 6.92 Å². The van der Waals surface area contributed by atoms with Crippen LogP contribution in [0.1, 0.15) is 36.7 Å². The molecule has 11 heteroatoms.